The molecule has 0 saturated carbocycles. The molecule has 0 bridgehead atoms. The SMILES string of the molecule is COc1ccc(N(Cc2ccccc2)S(=O)(=O)c2cnn(C)c2)cc1. The van der Waals surface area contributed by atoms with Crippen molar-refractivity contribution < 1.29 is 13.2 Å². The number of hydrogen-bond donors (Lipinski definition) is 0. The van der Waals surface area contributed by atoms with Crippen LogP contribution >= 0.6 is 0 Å². The molecule has 1 heterocycles. The fourth-order valence-electron chi connectivity index (χ4n) is 2.47. The number of hydrogen-bond acceptors (Lipinski definition) is 4. The standard InChI is InChI=1S/C18H19N3O3S/c1-20-14-18(12-19-20)25(22,23)21(13-15-6-4-3-5-7-15)16-8-10-17(24-2)11-9-16/h3-12,14H,13H2,1-2H3. The first-order chi connectivity index (χ1) is 12.0. The van der Waals surface area contributed by atoms with Crippen molar-refractivity contribution >= 4 is 15.7 Å². The van der Waals surface area contributed by atoms with Gasteiger partial charge in [0.15, 0.2) is 0 Å². The molecule has 2 aromatic carbocycles. The molecule has 0 aliphatic rings. The van der Waals surface area contributed by atoms with Gasteiger partial charge in [0, 0.05) is 13.2 Å². The lowest BCUT2D eigenvalue weighted by molar-refractivity contribution is 0.415. The number of ether oxygens (including phenoxy) is 1. The topological polar surface area (TPSA) is 64.4 Å². The summed E-state index contributed by atoms with van der Waals surface area (Å²) in [6.45, 7) is 0.227. The van der Waals surface area contributed by atoms with Gasteiger partial charge in [-0.1, -0.05) is 30.3 Å². The third-order valence-corrected chi connectivity index (χ3v) is 5.53. The van der Waals surface area contributed by atoms with Gasteiger partial charge in [0.25, 0.3) is 10.0 Å². The first kappa shape index (κ1) is 17.0. The average Bonchev–Trinajstić information content (AvgIpc) is 3.08. The van der Waals surface area contributed by atoms with Gasteiger partial charge < -0.3 is 4.74 Å². The Morgan fingerprint density at radius 1 is 1.08 bits per heavy atom. The smallest absolute Gasteiger partial charge is 0.267 e. The molecule has 0 amide bonds. The van der Waals surface area contributed by atoms with Gasteiger partial charge in [-0.2, -0.15) is 5.10 Å². The van der Waals surface area contributed by atoms with Gasteiger partial charge in [0.05, 0.1) is 25.5 Å². The lowest BCUT2D eigenvalue weighted by Gasteiger charge is -2.24. The molecule has 1 aromatic heterocycles. The van der Waals surface area contributed by atoms with Gasteiger partial charge in [-0.05, 0) is 29.8 Å². The first-order valence-corrected chi connectivity index (χ1v) is 9.14. The van der Waals surface area contributed by atoms with Crippen LogP contribution in [0, 0.1) is 0 Å². The average molecular weight is 357 g/mol. The fraction of sp³-hybridized carbons (Fsp3) is 0.167. The van der Waals surface area contributed by atoms with Crippen LogP contribution in [0.5, 0.6) is 5.75 Å². The molecule has 3 rings (SSSR count). The summed E-state index contributed by atoms with van der Waals surface area (Å²) in [5.74, 6) is 0.669. The zero-order valence-electron chi connectivity index (χ0n) is 14.0. The van der Waals surface area contributed by atoms with Crippen LogP contribution in [0.4, 0.5) is 5.69 Å². The quantitative estimate of drug-likeness (QED) is 0.680. The van der Waals surface area contributed by atoms with E-state index < -0.39 is 10.0 Å². The predicted molar refractivity (Wildman–Crippen MR) is 96.0 cm³/mol. The number of nitrogens with zero attached hydrogens (tertiary/aromatic N) is 3. The summed E-state index contributed by atoms with van der Waals surface area (Å²) in [5, 5.41) is 3.98. The molecule has 0 spiro atoms. The molecule has 0 unspecified atom stereocenters. The molecule has 0 N–H and O–H groups in total. The number of sulfonamides is 1. The minimum Gasteiger partial charge on any atom is -0.497 e. The van der Waals surface area contributed by atoms with Gasteiger partial charge >= 0.3 is 0 Å². The van der Waals surface area contributed by atoms with E-state index in [-0.39, 0.29) is 11.4 Å². The van der Waals surface area contributed by atoms with Crippen LogP contribution in [0.15, 0.2) is 71.9 Å². The van der Waals surface area contributed by atoms with Gasteiger partial charge in [0.2, 0.25) is 0 Å². The zero-order valence-corrected chi connectivity index (χ0v) is 14.8. The summed E-state index contributed by atoms with van der Waals surface area (Å²) in [7, 11) is -0.481. The molecule has 25 heavy (non-hydrogen) atoms. The van der Waals surface area contributed by atoms with Crippen molar-refractivity contribution in [2.75, 3.05) is 11.4 Å². The summed E-state index contributed by atoms with van der Waals surface area (Å²) < 4.78 is 34.3. The van der Waals surface area contributed by atoms with Crippen LogP contribution in [-0.4, -0.2) is 25.3 Å². The van der Waals surface area contributed by atoms with Crippen molar-refractivity contribution in [3.8, 4) is 5.75 Å². The Morgan fingerprint density at radius 3 is 2.32 bits per heavy atom. The third-order valence-electron chi connectivity index (χ3n) is 3.80. The van der Waals surface area contributed by atoms with Crippen LogP contribution in [0.3, 0.4) is 0 Å². The Morgan fingerprint density at radius 2 is 1.76 bits per heavy atom. The minimum absolute atomic E-state index is 0.154. The Bertz CT molecular complexity index is 935. The zero-order chi connectivity index (χ0) is 17.9. The van der Waals surface area contributed by atoms with E-state index in [1.54, 1.807) is 38.4 Å². The highest BCUT2D eigenvalue weighted by molar-refractivity contribution is 7.92. The van der Waals surface area contributed by atoms with E-state index in [4.69, 9.17) is 4.74 Å². The maximum absolute atomic E-state index is 13.1. The fourth-order valence-corrected chi connectivity index (χ4v) is 3.91. The van der Waals surface area contributed by atoms with Crippen molar-refractivity contribution in [3.63, 3.8) is 0 Å². The molecule has 0 radical (unpaired) electrons. The van der Waals surface area contributed by atoms with E-state index in [0.717, 1.165) is 5.56 Å². The normalized spacial score (nSPS) is 11.3. The number of aromatic nitrogens is 2. The molecule has 0 atom stereocenters. The van der Waals surface area contributed by atoms with Crippen LogP contribution in [-0.2, 0) is 23.6 Å². The number of aryl methyl sites for hydroxylation is 1. The summed E-state index contributed by atoms with van der Waals surface area (Å²) in [5.41, 5.74) is 1.46. The summed E-state index contributed by atoms with van der Waals surface area (Å²) in [4.78, 5) is 0.154. The Labute approximate surface area is 147 Å². The summed E-state index contributed by atoms with van der Waals surface area (Å²) in [6, 6.07) is 16.4. The van der Waals surface area contributed by atoms with E-state index in [0.29, 0.717) is 11.4 Å². The van der Waals surface area contributed by atoms with Crippen molar-refractivity contribution in [1.29, 1.82) is 0 Å². The molecule has 0 saturated heterocycles. The van der Waals surface area contributed by atoms with Crippen molar-refractivity contribution in [2.45, 2.75) is 11.4 Å². The second-order valence-corrected chi connectivity index (χ2v) is 7.41. The van der Waals surface area contributed by atoms with E-state index >= 15 is 0 Å². The third kappa shape index (κ3) is 3.66. The van der Waals surface area contributed by atoms with Crippen molar-refractivity contribution in [3.05, 3.63) is 72.6 Å². The molecule has 3 aromatic rings. The maximum Gasteiger partial charge on any atom is 0.267 e. The molecule has 0 fully saturated rings. The highest BCUT2D eigenvalue weighted by Gasteiger charge is 2.26. The van der Waals surface area contributed by atoms with Crippen LogP contribution in [0.1, 0.15) is 5.56 Å². The molecule has 7 heteroatoms. The van der Waals surface area contributed by atoms with E-state index in [9.17, 15) is 8.42 Å². The van der Waals surface area contributed by atoms with E-state index in [1.165, 1.54) is 21.4 Å². The van der Waals surface area contributed by atoms with Crippen molar-refractivity contribution in [2.24, 2.45) is 7.05 Å². The largest absolute Gasteiger partial charge is 0.497 e. The van der Waals surface area contributed by atoms with Crippen molar-refractivity contribution in [1.82, 2.24) is 9.78 Å². The molecule has 0 aliphatic heterocycles. The highest BCUT2D eigenvalue weighted by Crippen LogP contribution is 2.27. The van der Waals surface area contributed by atoms with Crippen LogP contribution in [0.2, 0.25) is 0 Å². The molecular formula is C18H19N3O3S. The lowest BCUT2D eigenvalue weighted by Crippen LogP contribution is -2.30. The van der Waals surface area contributed by atoms with Gasteiger partial charge in [-0.3, -0.25) is 8.99 Å². The van der Waals surface area contributed by atoms with E-state index in [1.807, 2.05) is 30.3 Å². The van der Waals surface area contributed by atoms with Gasteiger partial charge in [0.1, 0.15) is 10.6 Å². The Hall–Kier alpha value is -2.80. The number of anilines is 1. The number of benzene rings is 2. The van der Waals surface area contributed by atoms with Gasteiger partial charge in [-0.25, -0.2) is 8.42 Å². The van der Waals surface area contributed by atoms with Crippen LogP contribution in [0.25, 0.3) is 0 Å². The second kappa shape index (κ2) is 6.98. The molecule has 6 nitrogen and oxygen atoms in total. The second-order valence-electron chi connectivity index (χ2n) is 5.55. The summed E-state index contributed by atoms with van der Waals surface area (Å²) >= 11 is 0. The maximum atomic E-state index is 13.1. The molecule has 0 aliphatic carbocycles. The lowest BCUT2D eigenvalue weighted by atomic mass is 10.2. The van der Waals surface area contributed by atoms with Gasteiger partial charge in [-0.15, -0.1) is 0 Å². The molecule has 130 valence electrons. The Balaban J connectivity index is 2.04. The number of methoxy groups -OCH3 is 1. The summed E-state index contributed by atoms with van der Waals surface area (Å²) in [6.07, 6.45) is 2.85. The first-order valence-electron chi connectivity index (χ1n) is 7.70. The number of rotatable bonds is 6. The molecular weight excluding hydrogens is 338 g/mol. The monoisotopic (exact) mass is 357 g/mol. The van der Waals surface area contributed by atoms with E-state index in [2.05, 4.69) is 5.10 Å². The minimum atomic E-state index is -3.74. The predicted octanol–water partition coefficient (Wildman–Crippen LogP) is 2.82. The highest BCUT2D eigenvalue weighted by atomic mass is 32.2. The van der Waals surface area contributed by atoms with Crippen LogP contribution < -0.4 is 9.04 Å². The Kier molecular flexibility index (Phi) is 4.76.